The average molecular weight is 273 g/mol. The molecule has 0 bridgehead atoms. The quantitative estimate of drug-likeness (QED) is 0.907. The molecule has 0 aliphatic carbocycles. The smallest absolute Gasteiger partial charge is 0.176 e. The van der Waals surface area contributed by atoms with Crippen molar-refractivity contribution < 1.29 is 0 Å². The molecule has 2 N–H and O–H groups in total. The van der Waals surface area contributed by atoms with Gasteiger partial charge in [0.2, 0.25) is 0 Å². The van der Waals surface area contributed by atoms with Crippen molar-refractivity contribution >= 4 is 23.2 Å². The Balaban J connectivity index is 2.17. The number of halogens is 2. The van der Waals surface area contributed by atoms with Crippen molar-refractivity contribution in [2.75, 3.05) is 0 Å². The first kappa shape index (κ1) is 12.2. The number of pyridine rings is 1. The Bertz CT molecular complexity index is 526. The molecule has 0 fully saturated rings. The van der Waals surface area contributed by atoms with Crippen LogP contribution in [-0.4, -0.2) is 25.2 Å². The maximum atomic E-state index is 6.01. The maximum absolute atomic E-state index is 6.01. The van der Waals surface area contributed by atoms with Gasteiger partial charge in [-0.15, -0.1) is 10.2 Å². The van der Waals surface area contributed by atoms with Crippen LogP contribution in [0.25, 0.3) is 0 Å². The van der Waals surface area contributed by atoms with Crippen LogP contribution in [0.15, 0.2) is 12.3 Å². The second-order valence-corrected chi connectivity index (χ2v) is 4.37. The third kappa shape index (κ3) is 2.91. The standard InChI is InChI=1S/C9H10Cl2N6/c1-17-15-8(14-16-17)3-7(12)9-6(11)2-5(10)4-13-9/h2,4,7H,3,12H2,1H3. The summed E-state index contributed by atoms with van der Waals surface area (Å²) in [5.74, 6) is 0.549. The lowest BCUT2D eigenvalue weighted by Crippen LogP contribution is -2.16. The van der Waals surface area contributed by atoms with Gasteiger partial charge in [0.15, 0.2) is 5.82 Å². The number of tetrazole rings is 1. The molecule has 2 aromatic rings. The van der Waals surface area contributed by atoms with Gasteiger partial charge in [-0.2, -0.15) is 4.80 Å². The molecular weight excluding hydrogens is 263 g/mol. The first-order valence-electron chi connectivity index (χ1n) is 4.85. The van der Waals surface area contributed by atoms with Crippen LogP contribution in [0.2, 0.25) is 10.0 Å². The van der Waals surface area contributed by atoms with Crippen LogP contribution in [-0.2, 0) is 13.5 Å². The van der Waals surface area contributed by atoms with Crippen LogP contribution in [0.3, 0.4) is 0 Å². The monoisotopic (exact) mass is 272 g/mol. The van der Waals surface area contributed by atoms with Gasteiger partial charge in [0, 0.05) is 12.6 Å². The van der Waals surface area contributed by atoms with E-state index in [1.165, 1.54) is 11.0 Å². The van der Waals surface area contributed by atoms with Crippen LogP contribution in [0.4, 0.5) is 0 Å². The molecule has 2 rings (SSSR count). The van der Waals surface area contributed by atoms with Gasteiger partial charge in [0.1, 0.15) is 0 Å². The lowest BCUT2D eigenvalue weighted by atomic mass is 10.1. The van der Waals surface area contributed by atoms with Gasteiger partial charge in [0.05, 0.1) is 28.8 Å². The molecule has 0 aliphatic rings. The first-order valence-corrected chi connectivity index (χ1v) is 5.61. The van der Waals surface area contributed by atoms with Crippen molar-refractivity contribution in [1.29, 1.82) is 0 Å². The zero-order chi connectivity index (χ0) is 12.4. The van der Waals surface area contributed by atoms with Crippen LogP contribution >= 0.6 is 23.2 Å². The number of hydrogen-bond acceptors (Lipinski definition) is 5. The van der Waals surface area contributed by atoms with Crippen LogP contribution in [0, 0.1) is 0 Å². The van der Waals surface area contributed by atoms with E-state index in [4.69, 9.17) is 28.9 Å². The van der Waals surface area contributed by atoms with Gasteiger partial charge in [-0.1, -0.05) is 23.2 Å². The summed E-state index contributed by atoms with van der Waals surface area (Å²) in [7, 11) is 1.69. The summed E-state index contributed by atoms with van der Waals surface area (Å²) < 4.78 is 0. The molecule has 2 heterocycles. The second-order valence-electron chi connectivity index (χ2n) is 3.53. The molecule has 1 unspecified atom stereocenters. The zero-order valence-electron chi connectivity index (χ0n) is 9.01. The molecule has 1 atom stereocenters. The summed E-state index contributed by atoms with van der Waals surface area (Å²) in [6, 6.07) is 1.22. The molecule has 90 valence electrons. The van der Waals surface area contributed by atoms with Crippen molar-refractivity contribution in [3.05, 3.63) is 33.8 Å². The molecule has 0 saturated heterocycles. The van der Waals surface area contributed by atoms with Crippen molar-refractivity contribution in [2.24, 2.45) is 12.8 Å². The lowest BCUT2D eigenvalue weighted by molar-refractivity contribution is 0.620. The van der Waals surface area contributed by atoms with Gasteiger partial charge in [-0.25, -0.2) is 0 Å². The van der Waals surface area contributed by atoms with Gasteiger partial charge < -0.3 is 5.73 Å². The molecule has 2 aromatic heterocycles. The van der Waals surface area contributed by atoms with E-state index in [1.54, 1.807) is 13.1 Å². The Morgan fingerprint density at radius 1 is 1.47 bits per heavy atom. The minimum Gasteiger partial charge on any atom is -0.322 e. The largest absolute Gasteiger partial charge is 0.322 e. The second kappa shape index (κ2) is 4.95. The Kier molecular flexibility index (Phi) is 3.56. The van der Waals surface area contributed by atoms with E-state index >= 15 is 0 Å². The van der Waals surface area contributed by atoms with E-state index in [-0.39, 0.29) is 6.04 Å². The van der Waals surface area contributed by atoms with E-state index in [1.807, 2.05) is 0 Å². The number of nitrogens with zero attached hydrogens (tertiary/aromatic N) is 5. The van der Waals surface area contributed by atoms with Crippen molar-refractivity contribution in [3.8, 4) is 0 Å². The molecule has 0 saturated carbocycles. The van der Waals surface area contributed by atoms with Crippen LogP contribution in [0.5, 0.6) is 0 Å². The topological polar surface area (TPSA) is 82.5 Å². The van der Waals surface area contributed by atoms with Gasteiger partial charge >= 0.3 is 0 Å². The SMILES string of the molecule is Cn1nnc(CC(N)c2ncc(Cl)cc2Cl)n1. The number of nitrogens with two attached hydrogens (primary N) is 1. The molecular formula is C9H10Cl2N6. The predicted molar refractivity (Wildman–Crippen MR) is 63.7 cm³/mol. The predicted octanol–water partition coefficient (Wildman–Crippen LogP) is 1.15. The van der Waals surface area contributed by atoms with E-state index in [2.05, 4.69) is 20.4 Å². The number of hydrogen-bond donors (Lipinski definition) is 1. The minimum atomic E-state index is -0.385. The summed E-state index contributed by atoms with van der Waals surface area (Å²) >= 11 is 11.8. The van der Waals surface area contributed by atoms with Crippen LogP contribution in [0.1, 0.15) is 17.6 Å². The summed E-state index contributed by atoms with van der Waals surface area (Å²) in [6.07, 6.45) is 1.93. The lowest BCUT2D eigenvalue weighted by Gasteiger charge is -2.10. The number of rotatable bonds is 3. The van der Waals surface area contributed by atoms with Gasteiger partial charge in [-0.05, 0) is 11.3 Å². The summed E-state index contributed by atoms with van der Waals surface area (Å²) in [4.78, 5) is 5.48. The molecule has 0 aromatic carbocycles. The third-order valence-electron chi connectivity index (χ3n) is 2.14. The van der Waals surface area contributed by atoms with E-state index in [9.17, 15) is 0 Å². The first-order chi connectivity index (χ1) is 8.06. The summed E-state index contributed by atoms with van der Waals surface area (Å²) in [5.41, 5.74) is 6.55. The highest BCUT2D eigenvalue weighted by Gasteiger charge is 2.15. The fourth-order valence-electron chi connectivity index (χ4n) is 1.40. The van der Waals surface area contributed by atoms with Gasteiger partial charge in [-0.3, -0.25) is 4.98 Å². The van der Waals surface area contributed by atoms with Crippen LogP contribution < -0.4 is 5.73 Å². The zero-order valence-corrected chi connectivity index (χ0v) is 10.5. The fourth-order valence-corrected chi connectivity index (χ4v) is 1.92. The number of aryl methyl sites for hydroxylation is 1. The third-order valence-corrected chi connectivity index (χ3v) is 2.65. The maximum Gasteiger partial charge on any atom is 0.176 e. The highest BCUT2D eigenvalue weighted by molar-refractivity contribution is 6.34. The van der Waals surface area contributed by atoms with Crippen molar-refractivity contribution in [3.63, 3.8) is 0 Å². The molecule has 8 heteroatoms. The Morgan fingerprint density at radius 3 is 2.82 bits per heavy atom. The molecule has 0 radical (unpaired) electrons. The van der Waals surface area contributed by atoms with Crippen molar-refractivity contribution in [2.45, 2.75) is 12.5 Å². The summed E-state index contributed by atoms with van der Waals surface area (Å²) in [6.45, 7) is 0. The van der Waals surface area contributed by atoms with E-state index < -0.39 is 0 Å². The van der Waals surface area contributed by atoms with Crippen molar-refractivity contribution in [1.82, 2.24) is 25.2 Å². The average Bonchev–Trinajstić information content (AvgIpc) is 2.63. The fraction of sp³-hybridized carbons (Fsp3) is 0.333. The Labute approximate surface area is 108 Å². The van der Waals surface area contributed by atoms with E-state index in [0.717, 1.165) is 0 Å². The molecule has 0 spiro atoms. The molecule has 17 heavy (non-hydrogen) atoms. The Hall–Kier alpha value is -1.24. The Morgan fingerprint density at radius 2 is 2.24 bits per heavy atom. The molecule has 0 amide bonds. The molecule has 0 aliphatic heterocycles. The summed E-state index contributed by atoms with van der Waals surface area (Å²) in [5, 5.41) is 12.5. The minimum absolute atomic E-state index is 0.385. The molecule has 6 nitrogen and oxygen atoms in total. The highest BCUT2D eigenvalue weighted by atomic mass is 35.5. The van der Waals surface area contributed by atoms with Gasteiger partial charge in [0.25, 0.3) is 0 Å². The highest BCUT2D eigenvalue weighted by Crippen LogP contribution is 2.23. The number of aromatic nitrogens is 5. The normalized spacial score (nSPS) is 12.7. The van der Waals surface area contributed by atoms with E-state index in [0.29, 0.717) is 28.0 Å².